The number of benzene rings is 6. The van der Waals surface area contributed by atoms with E-state index in [2.05, 4.69) is 141 Å². The number of thiophene rings is 1. The average molecular weight is 647 g/mol. The van der Waals surface area contributed by atoms with Crippen LogP contribution in [0.4, 0.5) is 0 Å². The molecule has 1 aliphatic carbocycles. The molecule has 0 saturated heterocycles. The Kier molecular flexibility index (Phi) is 6.09. The van der Waals surface area contributed by atoms with Gasteiger partial charge in [0.2, 0.25) is 0 Å². The van der Waals surface area contributed by atoms with Crippen LogP contribution in [0.25, 0.3) is 87.5 Å². The van der Waals surface area contributed by atoms with Gasteiger partial charge in [-0.1, -0.05) is 129 Å². The lowest BCUT2D eigenvalue weighted by molar-refractivity contribution is 0.631. The van der Waals surface area contributed by atoms with Crippen LogP contribution < -0.4 is 0 Å². The van der Waals surface area contributed by atoms with Gasteiger partial charge in [0.1, 0.15) is 11.3 Å². The van der Waals surface area contributed by atoms with Crippen LogP contribution in [0.2, 0.25) is 0 Å². The molecular weight excluding hydrogens is 617 g/mol. The van der Waals surface area contributed by atoms with Gasteiger partial charge in [0.05, 0.1) is 11.4 Å². The first-order chi connectivity index (χ1) is 24.0. The second-order valence-corrected chi connectivity index (χ2v) is 14.5. The molecule has 0 bridgehead atoms. The summed E-state index contributed by atoms with van der Waals surface area (Å²) in [6.45, 7) is 4.64. The Morgan fingerprint density at radius 1 is 0.531 bits per heavy atom. The van der Waals surface area contributed by atoms with Crippen molar-refractivity contribution < 1.29 is 4.42 Å². The first kappa shape index (κ1) is 28.2. The lowest BCUT2D eigenvalue weighted by Crippen LogP contribution is -2.14. The highest BCUT2D eigenvalue weighted by Crippen LogP contribution is 2.52. The normalized spacial score (nSPS) is 13.3. The molecule has 9 aromatic rings. The SMILES string of the molecule is CC1(C)c2ccccc2-c2c(-c3cc(-c4ccc(-c5cc6ccccc6o5)cc4)nc(-c4ccc5c(c4)sc4ccccc45)n3)cccc21. The second kappa shape index (κ2) is 10.6. The minimum atomic E-state index is -0.0979. The molecular formula is C45H30N2OS. The molecule has 232 valence electrons. The van der Waals surface area contributed by atoms with Crippen LogP contribution in [0.1, 0.15) is 25.0 Å². The Balaban J connectivity index is 1.15. The minimum absolute atomic E-state index is 0.0979. The predicted octanol–water partition coefficient (Wildman–Crippen LogP) is 12.6. The molecule has 3 heterocycles. The minimum Gasteiger partial charge on any atom is -0.456 e. The Morgan fingerprint density at radius 3 is 2.12 bits per heavy atom. The van der Waals surface area contributed by atoms with E-state index in [0.29, 0.717) is 0 Å². The maximum atomic E-state index is 6.17. The summed E-state index contributed by atoms with van der Waals surface area (Å²) in [6, 6.07) is 51.6. The molecule has 3 nitrogen and oxygen atoms in total. The molecule has 6 aromatic carbocycles. The third-order valence-corrected chi connectivity index (χ3v) is 11.3. The second-order valence-electron chi connectivity index (χ2n) is 13.4. The number of fused-ring (bicyclic) bond motifs is 7. The smallest absolute Gasteiger partial charge is 0.160 e. The monoisotopic (exact) mass is 646 g/mol. The van der Waals surface area contributed by atoms with Crippen molar-refractivity contribution in [3.63, 3.8) is 0 Å². The van der Waals surface area contributed by atoms with Gasteiger partial charge < -0.3 is 4.42 Å². The van der Waals surface area contributed by atoms with Gasteiger partial charge in [-0.15, -0.1) is 11.3 Å². The van der Waals surface area contributed by atoms with Crippen molar-refractivity contribution in [1.29, 1.82) is 0 Å². The number of nitrogens with zero attached hydrogens (tertiary/aromatic N) is 2. The van der Waals surface area contributed by atoms with Crippen molar-refractivity contribution in [3.05, 3.63) is 157 Å². The van der Waals surface area contributed by atoms with Gasteiger partial charge in [0.15, 0.2) is 5.82 Å². The molecule has 0 aliphatic heterocycles. The van der Waals surface area contributed by atoms with Gasteiger partial charge in [-0.25, -0.2) is 9.97 Å². The molecule has 0 amide bonds. The standard InChI is InChI=1S/C45H30N2OS/c1-45(2)35-14-6-4-12-33(35)43-34(13-9-15-36(43)45)38-26-37(27-18-20-28(21-19-27)40-24-29-10-3-7-16-39(29)48-40)46-44(47-38)30-22-23-32-31-11-5-8-17-41(31)49-42(32)25-30/h3-26H,1-2H3. The molecule has 0 saturated carbocycles. The van der Waals surface area contributed by atoms with E-state index < -0.39 is 0 Å². The van der Waals surface area contributed by atoms with E-state index in [1.54, 1.807) is 0 Å². The highest BCUT2D eigenvalue weighted by Gasteiger charge is 2.36. The van der Waals surface area contributed by atoms with Crippen LogP contribution in [0.3, 0.4) is 0 Å². The fourth-order valence-electron chi connectivity index (χ4n) is 7.62. The fourth-order valence-corrected chi connectivity index (χ4v) is 8.77. The lowest BCUT2D eigenvalue weighted by atomic mass is 9.82. The maximum Gasteiger partial charge on any atom is 0.160 e. The largest absolute Gasteiger partial charge is 0.456 e. The molecule has 3 aromatic heterocycles. The van der Waals surface area contributed by atoms with Gasteiger partial charge >= 0.3 is 0 Å². The van der Waals surface area contributed by atoms with Crippen molar-refractivity contribution in [2.75, 3.05) is 0 Å². The molecule has 4 heteroatoms. The van der Waals surface area contributed by atoms with Crippen molar-refractivity contribution in [2.24, 2.45) is 0 Å². The van der Waals surface area contributed by atoms with E-state index in [-0.39, 0.29) is 5.41 Å². The maximum absolute atomic E-state index is 6.17. The lowest BCUT2D eigenvalue weighted by Gasteiger charge is -2.21. The molecule has 0 fully saturated rings. The van der Waals surface area contributed by atoms with Crippen LogP contribution >= 0.6 is 11.3 Å². The zero-order chi connectivity index (χ0) is 32.7. The topological polar surface area (TPSA) is 38.9 Å². The third kappa shape index (κ3) is 4.41. The van der Waals surface area contributed by atoms with Crippen LogP contribution in [0.5, 0.6) is 0 Å². The molecule has 0 radical (unpaired) electrons. The zero-order valence-electron chi connectivity index (χ0n) is 27.1. The summed E-state index contributed by atoms with van der Waals surface area (Å²) in [7, 11) is 0. The Labute approximate surface area is 288 Å². The average Bonchev–Trinajstić information content (AvgIpc) is 3.82. The van der Waals surface area contributed by atoms with Crippen molar-refractivity contribution in [3.8, 4) is 56.4 Å². The number of hydrogen-bond donors (Lipinski definition) is 0. The van der Waals surface area contributed by atoms with Crippen LogP contribution in [-0.4, -0.2) is 9.97 Å². The van der Waals surface area contributed by atoms with Gasteiger partial charge in [-0.05, 0) is 52.6 Å². The predicted molar refractivity (Wildman–Crippen MR) is 204 cm³/mol. The van der Waals surface area contributed by atoms with E-state index in [1.165, 1.54) is 42.4 Å². The Hall–Kier alpha value is -5.84. The summed E-state index contributed by atoms with van der Waals surface area (Å²) in [4.78, 5) is 10.6. The van der Waals surface area contributed by atoms with E-state index >= 15 is 0 Å². The van der Waals surface area contributed by atoms with E-state index in [1.807, 2.05) is 29.5 Å². The van der Waals surface area contributed by atoms with E-state index in [9.17, 15) is 0 Å². The van der Waals surface area contributed by atoms with Crippen LogP contribution in [0.15, 0.2) is 150 Å². The molecule has 0 atom stereocenters. The van der Waals surface area contributed by atoms with E-state index in [4.69, 9.17) is 14.4 Å². The van der Waals surface area contributed by atoms with Crippen molar-refractivity contribution in [1.82, 2.24) is 9.97 Å². The summed E-state index contributed by atoms with van der Waals surface area (Å²) >= 11 is 1.82. The highest BCUT2D eigenvalue weighted by molar-refractivity contribution is 7.25. The van der Waals surface area contributed by atoms with Crippen LogP contribution in [0, 0.1) is 0 Å². The van der Waals surface area contributed by atoms with Gasteiger partial charge in [0.25, 0.3) is 0 Å². The van der Waals surface area contributed by atoms with Crippen molar-refractivity contribution >= 4 is 42.5 Å². The first-order valence-electron chi connectivity index (χ1n) is 16.7. The molecule has 0 N–H and O–H groups in total. The molecule has 1 aliphatic rings. The molecule has 0 spiro atoms. The first-order valence-corrected chi connectivity index (χ1v) is 17.5. The summed E-state index contributed by atoms with van der Waals surface area (Å²) in [5.74, 6) is 1.57. The fraction of sp³-hybridized carbons (Fsp3) is 0.0667. The van der Waals surface area contributed by atoms with E-state index in [0.717, 1.165) is 56.2 Å². The Morgan fingerprint density at radius 2 is 1.22 bits per heavy atom. The summed E-state index contributed by atoms with van der Waals surface area (Å²) in [5.41, 5.74) is 12.0. The molecule has 49 heavy (non-hydrogen) atoms. The number of hydrogen-bond acceptors (Lipinski definition) is 4. The number of para-hydroxylation sites is 1. The van der Waals surface area contributed by atoms with Crippen LogP contribution in [-0.2, 0) is 5.41 Å². The summed E-state index contributed by atoms with van der Waals surface area (Å²) in [6.07, 6.45) is 0. The third-order valence-electron chi connectivity index (χ3n) is 10.1. The summed E-state index contributed by atoms with van der Waals surface area (Å²) in [5, 5.41) is 3.65. The number of furan rings is 1. The van der Waals surface area contributed by atoms with Crippen molar-refractivity contribution in [2.45, 2.75) is 19.3 Å². The zero-order valence-corrected chi connectivity index (χ0v) is 27.9. The van der Waals surface area contributed by atoms with Gasteiger partial charge in [-0.2, -0.15) is 0 Å². The molecule has 0 unspecified atom stereocenters. The highest BCUT2D eigenvalue weighted by atomic mass is 32.1. The number of rotatable bonds is 4. The van der Waals surface area contributed by atoms with Gasteiger partial charge in [0, 0.05) is 53.2 Å². The quantitative estimate of drug-likeness (QED) is 0.191. The van der Waals surface area contributed by atoms with Gasteiger partial charge in [-0.3, -0.25) is 0 Å². The Bertz CT molecular complexity index is 2720. The number of aromatic nitrogens is 2. The summed E-state index contributed by atoms with van der Waals surface area (Å²) < 4.78 is 8.70. The molecule has 10 rings (SSSR count).